The molecule has 1 aliphatic rings. The largest absolute Gasteiger partial charge is 0.472 e. The summed E-state index contributed by atoms with van der Waals surface area (Å²) in [6, 6.07) is 0. The maximum atomic E-state index is 12.8. The molecule has 0 spiro atoms. The molecule has 1 fully saturated rings. The molecule has 0 aromatic heterocycles. The van der Waals surface area contributed by atoms with E-state index in [1.165, 1.54) is 89.9 Å². The summed E-state index contributed by atoms with van der Waals surface area (Å²) in [6.07, 6.45) is 45.1. The number of aliphatic hydroxyl groups excluding tert-OH is 5. The first-order valence-electron chi connectivity index (χ1n) is 26.4. The molecular weight excluding hydrogens is 900 g/mol. The lowest BCUT2D eigenvalue weighted by Gasteiger charge is -2.41. The van der Waals surface area contributed by atoms with Gasteiger partial charge in [0.05, 0.1) is 6.61 Å². The standard InChI is InChI=1S/C55H93O13P/c1-3-5-7-9-11-13-15-17-19-21-22-23-24-25-26-28-29-31-33-35-37-39-41-43-48(56)65-45-47(46-66-69(63,64)68-55-53(61)51(59)50(58)52(60)54(55)62)67-49(57)44-42-40-38-36-34-32-30-27-20-18-16-14-12-10-8-6-4-2/h6,8,12,14,18,20,28-30,32,35-38,47,50-55,58-62H,3-5,7,9-11,13,15-17,19,21-27,31,33-34,39-46H2,1-2H3,(H,63,64)/b8-6+,14-12+,20-18+,29-28+,32-30+,37-35+,38-36+/t47-,50?,51-,52?,53?,54?,55?/m0/s1. The number of unbranched alkanes of at least 4 members (excludes halogenated alkanes) is 17. The monoisotopic (exact) mass is 993 g/mol. The van der Waals surface area contributed by atoms with Crippen LogP contribution in [0.4, 0.5) is 0 Å². The second kappa shape index (κ2) is 43.8. The predicted octanol–water partition coefficient (Wildman–Crippen LogP) is 11.6. The minimum Gasteiger partial charge on any atom is -0.462 e. The third-order valence-corrected chi connectivity index (χ3v) is 12.7. The van der Waals surface area contributed by atoms with Crippen LogP contribution in [-0.4, -0.2) is 98.3 Å². The summed E-state index contributed by atoms with van der Waals surface area (Å²) in [5.41, 5.74) is 0. The van der Waals surface area contributed by atoms with Crippen LogP contribution in [0.1, 0.15) is 194 Å². The van der Waals surface area contributed by atoms with E-state index in [1.54, 1.807) is 0 Å². The van der Waals surface area contributed by atoms with Crippen LogP contribution in [0.5, 0.6) is 0 Å². The van der Waals surface area contributed by atoms with Gasteiger partial charge < -0.3 is 39.9 Å². The van der Waals surface area contributed by atoms with E-state index in [0.717, 1.165) is 51.4 Å². The highest BCUT2D eigenvalue weighted by atomic mass is 31.2. The van der Waals surface area contributed by atoms with Gasteiger partial charge in [0, 0.05) is 12.8 Å². The topological polar surface area (TPSA) is 210 Å². The van der Waals surface area contributed by atoms with Crippen molar-refractivity contribution in [3.05, 3.63) is 85.1 Å². The Bertz CT molecular complexity index is 1520. The van der Waals surface area contributed by atoms with Crippen molar-refractivity contribution in [1.82, 2.24) is 0 Å². The number of esters is 2. The van der Waals surface area contributed by atoms with Crippen LogP contribution < -0.4 is 0 Å². The van der Waals surface area contributed by atoms with Gasteiger partial charge in [-0.3, -0.25) is 18.6 Å². The van der Waals surface area contributed by atoms with Crippen LogP contribution in [0.2, 0.25) is 0 Å². The average Bonchev–Trinajstić information content (AvgIpc) is 3.33. The van der Waals surface area contributed by atoms with Crippen LogP contribution in [0.3, 0.4) is 0 Å². The molecule has 1 saturated carbocycles. The number of hydrogen-bond donors (Lipinski definition) is 6. The smallest absolute Gasteiger partial charge is 0.462 e. The van der Waals surface area contributed by atoms with Crippen LogP contribution in [0.25, 0.3) is 0 Å². The lowest BCUT2D eigenvalue weighted by Crippen LogP contribution is -2.64. The van der Waals surface area contributed by atoms with E-state index in [1.807, 2.05) is 18.2 Å². The normalized spacial score (nSPS) is 21.6. The first kappa shape index (κ1) is 64.0. The quantitative estimate of drug-likeness (QED) is 0.0146. The number of phosphoric ester groups is 1. The number of phosphoric acid groups is 1. The minimum atomic E-state index is -5.15. The van der Waals surface area contributed by atoms with Crippen molar-refractivity contribution < 1.29 is 63.1 Å². The lowest BCUT2D eigenvalue weighted by atomic mass is 9.85. The van der Waals surface area contributed by atoms with Crippen molar-refractivity contribution in [3.63, 3.8) is 0 Å². The number of allylic oxidation sites excluding steroid dienone is 14. The van der Waals surface area contributed by atoms with E-state index < -0.39 is 75.7 Å². The van der Waals surface area contributed by atoms with Gasteiger partial charge >= 0.3 is 19.8 Å². The SMILES string of the molecule is CC/C=C/C/C=C/C/C=C/C/C=C/C/C=C/CCCC(=O)O[C@@H](COC(=O)CCC/C=C/CC/C=C/CCCCCCCCCCCCCCCC)COP(=O)(O)OC1C(O)C(O)C(O)[C@H](O)C1O. The van der Waals surface area contributed by atoms with Crippen molar-refractivity contribution in [2.45, 2.75) is 236 Å². The summed E-state index contributed by atoms with van der Waals surface area (Å²) in [4.78, 5) is 35.8. The molecule has 0 heterocycles. The summed E-state index contributed by atoms with van der Waals surface area (Å²) >= 11 is 0. The number of carbonyl (C=O) groups is 2. The number of ether oxygens (including phenoxy) is 2. The van der Waals surface area contributed by atoms with Crippen molar-refractivity contribution in [1.29, 1.82) is 0 Å². The van der Waals surface area contributed by atoms with E-state index >= 15 is 0 Å². The van der Waals surface area contributed by atoms with Crippen molar-refractivity contribution in [3.8, 4) is 0 Å². The molecule has 1 aliphatic carbocycles. The number of hydrogen-bond acceptors (Lipinski definition) is 12. The highest BCUT2D eigenvalue weighted by Crippen LogP contribution is 2.47. The molecule has 0 aliphatic heterocycles. The van der Waals surface area contributed by atoms with Crippen molar-refractivity contribution in [2.24, 2.45) is 0 Å². The highest BCUT2D eigenvalue weighted by molar-refractivity contribution is 7.47. The van der Waals surface area contributed by atoms with Gasteiger partial charge in [-0.2, -0.15) is 0 Å². The predicted molar refractivity (Wildman–Crippen MR) is 276 cm³/mol. The fourth-order valence-corrected chi connectivity index (χ4v) is 8.49. The Morgan fingerprint density at radius 3 is 1.32 bits per heavy atom. The Morgan fingerprint density at radius 2 is 0.841 bits per heavy atom. The van der Waals surface area contributed by atoms with Gasteiger partial charge in [0.2, 0.25) is 0 Å². The zero-order chi connectivity index (χ0) is 50.6. The van der Waals surface area contributed by atoms with Gasteiger partial charge in [-0.15, -0.1) is 0 Å². The molecule has 14 heteroatoms. The van der Waals surface area contributed by atoms with Crippen LogP contribution in [0, 0.1) is 0 Å². The Kier molecular flexibility index (Phi) is 40.6. The maximum Gasteiger partial charge on any atom is 0.472 e. The Hall–Kier alpha value is -2.97. The van der Waals surface area contributed by atoms with E-state index in [9.17, 15) is 44.6 Å². The molecule has 6 unspecified atom stereocenters. The van der Waals surface area contributed by atoms with Crippen LogP contribution in [-0.2, 0) is 32.7 Å². The molecule has 0 radical (unpaired) electrons. The van der Waals surface area contributed by atoms with Crippen molar-refractivity contribution >= 4 is 19.8 Å². The summed E-state index contributed by atoms with van der Waals surface area (Å²) in [6.45, 7) is 3.12. The average molecular weight is 993 g/mol. The molecule has 8 atom stereocenters. The number of aliphatic hydroxyl groups is 5. The number of rotatable bonds is 43. The second-order valence-electron chi connectivity index (χ2n) is 18.0. The fraction of sp³-hybridized carbons (Fsp3) is 0.709. The Morgan fingerprint density at radius 1 is 0.464 bits per heavy atom. The summed E-state index contributed by atoms with van der Waals surface area (Å²) in [7, 11) is -5.15. The lowest BCUT2D eigenvalue weighted by molar-refractivity contribution is -0.220. The van der Waals surface area contributed by atoms with Crippen LogP contribution in [0.15, 0.2) is 85.1 Å². The maximum absolute atomic E-state index is 12.8. The molecule has 13 nitrogen and oxygen atoms in total. The molecule has 396 valence electrons. The minimum absolute atomic E-state index is 0.00619. The molecule has 0 saturated heterocycles. The summed E-state index contributed by atoms with van der Waals surface area (Å²) in [5.74, 6) is -1.22. The van der Waals surface area contributed by atoms with E-state index in [4.69, 9.17) is 18.5 Å². The Labute approximate surface area is 416 Å². The zero-order valence-electron chi connectivity index (χ0n) is 42.3. The third kappa shape index (κ3) is 35.7. The third-order valence-electron chi connectivity index (χ3n) is 11.7. The molecule has 0 aromatic carbocycles. The molecule has 0 amide bonds. The van der Waals surface area contributed by atoms with E-state index in [0.29, 0.717) is 25.7 Å². The van der Waals surface area contributed by atoms with Gasteiger partial charge in [0.25, 0.3) is 0 Å². The first-order chi connectivity index (χ1) is 33.4. The van der Waals surface area contributed by atoms with Gasteiger partial charge in [0.1, 0.15) is 43.2 Å². The molecular formula is C55H93O13P. The first-order valence-corrected chi connectivity index (χ1v) is 27.9. The fourth-order valence-electron chi connectivity index (χ4n) is 7.52. The molecule has 0 aromatic rings. The molecule has 1 rings (SSSR count). The zero-order valence-corrected chi connectivity index (χ0v) is 43.2. The highest BCUT2D eigenvalue weighted by Gasteiger charge is 2.51. The van der Waals surface area contributed by atoms with Gasteiger partial charge in [-0.05, 0) is 83.5 Å². The van der Waals surface area contributed by atoms with Crippen molar-refractivity contribution in [2.75, 3.05) is 13.2 Å². The summed E-state index contributed by atoms with van der Waals surface area (Å²) < 4.78 is 33.5. The van der Waals surface area contributed by atoms with Crippen LogP contribution >= 0.6 is 7.82 Å². The van der Waals surface area contributed by atoms with E-state index in [2.05, 4.69) is 80.7 Å². The van der Waals surface area contributed by atoms with E-state index in [-0.39, 0.29) is 12.8 Å². The molecule has 0 bridgehead atoms. The number of carbonyl (C=O) groups excluding carboxylic acids is 2. The molecule has 6 N–H and O–H groups in total. The van der Waals surface area contributed by atoms with Gasteiger partial charge in [-0.25, -0.2) is 4.57 Å². The Balaban J connectivity index is 2.44. The van der Waals surface area contributed by atoms with Gasteiger partial charge in [-0.1, -0.05) is 182 Å². The van der Waals surface area contributed by atoms with Gasteiger partial charge in [0.15, 0.2) is 6.10 Å². The molecule has 69 heavy (non-hydrogen) atoms. The summed E-state index contributed by atoms with van der Waals surface area (Å²) in [5, 5.41) is 50.3. The second-order valence-corrected chi connectivity index (χ2v) is 19.4.